The van der Waals surface area contributed by atoms with E-state index >= 15 is 0 Å². The summed E-state index contributed by atoms with van der Waals surface area (Å²) in [5.41, 5.74) is 0. The van der Waals surface area contributed by atoms with Crippen molar-refractivity contribution in [3.05, 3.63) is 0 Å². The standard InChI is InChI=1S/C14H25N3O3/c1-10(12-4-3-5-12)15-14(20)17-8-6-16(7-9-17)11(2)13(18)19/h10-12H,3-9H2,1-2H3,(H,15,20)(H,18,19). The minimum atomic E-state index is -0.804. The van der Waals surface area contributed by atoms with Gasteiger partial charge in [0.05, 0.1) is 0 Å². The van der Waals surface area contributed by atoms with Gasteiger partial charge in [0.1, 0.15) is 6.04 Å². The van der Waals surface area contributed by atoms with Crippen molar-refractivity contribution in [1.29, 1.82) is 0 Å². The number of nitrogens with zero attached hydrogens (tertiary/aromatic N) is 2. The van der Waals surface area contributed by atoms with Crippen molar-refractivity contribution in [1.82, 2.24) is 15.1 Å². The van der Waals surface area contributed by atoms with Crippen LogP contribution in [0.5, 0.6) is 0 Å². The molecule has 20 heavy (non-hydrogen) atoms. The molecule has 2 fully saturated rings. The van der Waals surface area contributed by atoms with Crippen LogP contribution in [-0.2, 0) is 4.79 Å². The second kappa shape index (κ2) is 6.43. The molecule has 0 radical (unpaired) electrons. The molecule has 2 atom stereocenters. The Morgan fingerprint density at radius 1 is 1.15 bits per heavy atom. The molecule has 2 N–H and O–H groups in total. The van der Waals surface area contributed by atoms with E-state index in [0.717, 1.165) is 0 Å². The van der Waals surface area contributed by atoms with E-state index in [-0.39, 0.29) is 12.1 Å². The number of urea groups is 1. The van der Waals surface area contributed by atoms with Gasteiger partial charge in [-0.05, 0) is 32.6 Å². The lowest BCUT2D eigenvalue weighted by molar-refractivity contribution is -0.143. The highest BCUT2D eigenvalue weighted by molar-refractivity contribution is 5.75. The summed E-state index contributed by atoms with van der Waals surface area (Å²) >= 11 is 0. The lowest BCUT2D eigenvalue weighted by Gasteiger charge is -2.38. The molecular weight excluding hydrogens is 258 g/mol. The number of carboxylic acid groups (broad SMARTS) is 1. The van der Waals surface area contributed by atoms with Gasteiger partial charge in [-0.25, -0.2) is 4.79 Å². The number of carboxylic acids is 1. The third kappa shape index (κ3) is 3.42. The number of amides is 2. The smallest absolute Gasteiger partial charge is 0.320 e. The van der Waals surface area contributed by atoms with Crippen LogP contribution in [0.4, 0.5) is 4.79 Å². The Bertz CT molecular complexity index is 363. The Hall–Kier alpha value is -1.30. The normalized spacial score (nSPS) is 23.8. The Balaban J connectivity index is 1.75. The second-order valence-corrected chi connectivity index (χ2v) is 5.97. The zero-order valence-corrected chi connectivity index (χ0v) is 12.3. The molecule has 1 aliphatic heterocycles. The summed E-state index contributed by atoms with van der Waals surface area (Å²) in [6, 6.07) is -0.242. The number of carbonyl (C=O) groups excluding carboxylic acids is 1. The molecule has 0 spiro atoms. The summed E-state index contributed by atoms with van der Waals surface area (Å²) < 4.78 is 0. The van der Waals surface area contributed by atoms with Crippen molar-refractivity contribution in [2.75, 3.05) is 26.2 Å². The van der Waals surface area contributed by atoms with Gasteiger partial charge in [0.25, 0.3) is 0 Å². The van der Waals surface area contributed by atoms with E-state index in [1.807, 2.05) is 4.90 Å². The highest BCUT2D eigenvalue weighted by atomic mass is 16.4. The van der Waals surface area contributed by atoms with Gasteiger partial charge < -0.3 is 15.3 Å². The van der Waals surface area contributed by atoms with Gasteiger partial charge in [0.2, 0.25) is 0 Å². The summed E-state index contributed by atoms with van der Waals surface area (Å²) in [6.07, 6.45) is 3.70. The third-order valence-corrected chi connectivity index (χ3v) is 4.71. The van der Waals surface area contributed by atoms with E-state index in [4.69, 9.17) is 5.11 Å². The van der Waals surface area contributed by atoms with Crippen LogP contribution in [0.25, 0.3) is 0 Å². The van der Waals surface area contributed by atoms with E-state index < -0.39 is 12.0 Å². The fourth-order valence-electron chi connectivity index (χ4n) is 2.81. The number of aliphatic carboxylic acids is 1. The van der Waals surface area contributed by atoms with Crippen molar-refractivity contribution >= 4 is 12.0 Å². The summed E-state index contributed by atoms with van der Waals surface area (Å²) in [5, 5.41) is 12.1. The minimum absolute atomic E-state index is 0.00738. The molecule has 2 rings (SSSR count). The van der Waals surface area contributed by atoms with Gasteiger partial charge in [-0.15, -0.1) is 0 Å². The van der Waals surface area contributed by atoms with Crippen molar-refractivity contribution in [2.24, 2.45) is 5.92 Å². The fourth-order valence-corrected chi connectivity index (χ4v) is 2.81. The van der Waals surface area contributed by atoms with Crippen LogP contribution in [0.2, 0.25) is 0 Å². The van der Waals surface area contributed by atoms with E-state index in [2.05, 4.69) is 12.2 Å². The molecule has 2 aliphatic rings. The van der Waals surface area contributed by atoms with Crippen LogP contribution in [0.15, 0.2) is 0 Å². The molecule has 6 heteroatoms. The molecule has 0 aromatic heterocycles. The van der Waals surface area contributed by atoms with Crippen LogP contribution < -0.4 is 5.32 Å². The Morgan fingerprint density at radius 3 is 2.20 bits per heavy atom. The molecule has 6 nitrogen and oxygen atoms in total. The molecule has 2 amide bonds. The Kier molecular flexibility index (Phi) is 4.86. The Labute approximate surface area is 120 Å². The topological polar surface area (TPSA) is 72.9 Å². The molecule has 0 aromatic rings. The molecule has 0 aromatic carbocycles. The summed E-state index contributed by atoms with van der Waals surface area (Å²) in [4.78, 5) is 26.8. The van der Waals surface area contributed by atoms with Crippen LogP contribution in [0.1, 0.15) is 33.1 Å². The maximum absolute atomic E-state index is 12.1. The summed E-state index contributed by atoms with van der Waals surface area (Å²) in [5.74, 6) is -0.172. The van der Waals surface area contributed by atoms with Crippen LogP contribution in [0, 0.1) is 5.92 Å². The van der Waals surface area contributed by atoms with Crippen molar-refractivity contribution in [3.63, 3.8) is 0 Å². The lowest BCUT2D eigenvalue weighted by atomic mass is 9.80. The van der Waals surface area contributed by atoms with E-state index in [9.17, 15) is 9.59 Å². The molecule has 2 unspecified atom stereocenters. The number of hydrogen-bond acceptors (Lipinski definition) is 3. The predicted octanol–water partition coefficient (Wildman–Crippen LogP) is 0.975. The largest absolute Gasteiger partial charge is 0.480 e. The highest BCUT2D eigenvalue weighted by Gasteiger charge is 2.29. The van der Waals surface area contributed by atoms with Gasteiger partial charge >= 0.3 is 12.0 Å². The zero-order valence-electron chi connectivity index (χ0n) is 12.3. The number of hydrogen-bond donors (Lipinski definition) is 2. The maximum atomic E-state index is 12.1. The molecular formula is C14H25N3O3. The quantitative estimate of drug-likeness (QED) is 0.806. The average Bonchev–Trinajstić information content (AvgIpc) is 2.35. The number of rotatable bonds is 4. The Morgan fingerprint density at radius 2 is 1.75 bits per heavy atom. The first-order chi connectivity index (χ1) is 9.49. The van der Waals surface area contributed by atoms with E-state index in [1.165, 1.54) is 19.3 Å². The van der Waals surface area contributed by atoms with Crippen molar-refractivity contribution in [2.45, 2.75) is 45.2 Å². The monoisotopic (exact) mass is 283 g/mol. The maximum Gasteiger partial charge on any atom is 0.320 e. The van der Waals surface area contributed by atoms with Gasteiger partial charge in [-0.3, -0.25) is 9.69 Å². The SMILES string of the molecule is CC(NC(=O)N1CCN(C(C)C(=O)O)CC1)C1CCC1. The van der Waals surface area contributed by atoms with Gasteiger partial charge in [-0.1, -0.05) is 6.42 Å². The fraction of sp³-hybridized carbons (Fsp3) is 0.857. The number of piperazine rings is 1. The molecule has 0 bridgehead atoms. The number of nitrogens with one attached hydrogen (secondary N) is 1. The second-order valence-electron chi connectivity index (χ2n) is 5.97. The van der Waals surface area contributed by atoms with Crippen molar-refractivity contribution < 1.29 is 14.7 Å². The van der Waals surface area contributed by atoms with Crippen LogP contribution in [0.3, 0.4) is 0 Å². The number of carbonyl (C=O) groups is 2. The van der Waals surface area contributed by atoms with E-state index in [0.29, 0.717) is 32.1 Å². The van der Waals surface area contributed by atoms with Gasteiger partial charge in [0, 0.05) is 32.2 Å². The first kappa shape index (κ1) is 15.1. The average molecular weight is 283 g/mol. The third-order valence-electron chi connectivity index (χ3n) is 4.71. The lowest BCUT2D eigenvalue weighted by Crippen LogP contribution is -2.56. The van der Waals surface area contributed by atoms with E-state index in [1.54, 1.807) is 11.8 Å². The van der Waals surface area contributed by atoms with Crippen LogP contribution >= 0.6 is 0 Å². The zero-order chi connectivity index (χ0) is 14.7. The van der Waals surface area contributed by atoms with Gasteiger partial charge in [-0.2, -0.15) is 0 Å². The molecule has 1 saturated heterocycles. The molecule has 1 saturated carbocycles. The molecule has 114 valence electrons. The molecule has 1 aliphatic carbocycles. The first-order valence-electron chi connectivity index (χ1n) is 7.51. The minimum Gasteiger partial charge on any atom is -0.480 e. The summed E-state index contributed by atoms with van der Waals surface area (Å²) in [6.45, 7) is 6.21. The highest BCUT2D eigenvalue weighted by Crippen LogP contribution is 2.29. The van der Waals surface area contributed by atoms with Crippen molar-refractivity contribution in [3.8, 4) is 0 Å². The molecule has 1 heterocycles. The predicted molar refractivity (Wildman–Crippen MR) is 75.6 cm³/mol. The summed E-state index contributed by atoms with van der Waals surface area (Å²) in [7, 11) is 0. The van der Waals surface area contributed by atoms with Crippen LogP contribution in [-0.4, -0.2) is 65.2 Å². The first-order valence-corrected chi connectivity index (χ1v) is 7.51. The van der Waals surface area contributed by atoms with Gasteiger partial charge in [0.15, 0.2) is 0 Å².